The first-order valence-corrected chi connectivity index (χ1v) is 5.53. The summed E-state index contributed by atoms with van der Waals surface area (Å²) in [5, 5.41) is 0. The van der Waals surface area contributed by atoms with Crippen LogP contribution in [0.4, 0.5) is 0 Å². The van der Waals surface area contributed by atoms with Crippen molar-refractivity contribution in [3.05, 3.63) is 0 Å². The van der Waals surface area contributed by atoms with Crippen LogP contribution < -0.4 is 4.98 Å². The molecule has 0 radical (unpaired) electrons. The lowest BCUT2D eigenvalue weighted by Gasteiger charge is -2.20. The van der Waals surface area contributed by atoms with Gasteiger partial charge in [0, 0.05) is 6.42 Å². The SMILES string of the molecule is O=C(CC1CCCCC1)N[SiH3]. The summed E-state index contributed by atoms with van der Waals surface area (Å²) in [6.45, 7) is 0. The highest BCUT2D eigenvalue weighted by molar-refractivity contribution is 6.14. The molecular formula is C8H17NOSi. The van der Waals surface area contributed by atoms with E-state index in [0.717, 1.165) is 16.8 Å². The zero-order valence-corrected chi connectivity index (χ0v) is 9.23. The minimum Gasteiger partial charge on any atom is -0.391 e. The van der Waals surface area contributed by atoms with Crippen molar-refractivity contribution in [1.29, 1.82) is 0 Å². The molecule has 0 saturated heterocycles. The van der Waals surface area contributed by atoms with Gasteiger partial charge >= 0.3 is 0 Å². The Bertz CT molecular complexity index is 132. The molecule has 0 heterocycles. The summed E-state index contributed by atoms with van der Waals surface area (Å²) in [6, 6.07) is 0. The number of hydrogen-bond donors (Lipinski definition) is 1. The molecule has 0 aromatic carbocycles. The van der Waals surface area contributed by atoms with Gasteiger partial charge in [0.15, 0.2) is 0 Å². The topological polar surface area (TPSA) is 29.1 Å². The Morgan fingerprint density at radius 2 is 2.00 bits per heavy atom. The zero-order valence-electron chi connectivity index (χ0n) is 7.23. The Balaban J connectivity index is 2.19. The van der Waals surface area contributed by atoms with E-state index in [1.54, 1.807) is 0 Å². The monoisotopic (exact) mass is 171 g/mol. The minimum absolute atomic E-state index is 0.267. The molecule has 11 heavy (non-hydrogen) atoms. The van der Waals surface area contributed by atoms with Crippen LogP contribution in [0, 0.1) is 5.92 Å². The maximum Gasteiger partial charge on any atom is 0.211 e. The minimum atomic E-state index is 0.267. The Labute approximate surface area is 71.3 Å². The van der Waals surface area contributed by atoms with Gasteiger partial charge in [0.2, 0.25) is 5.91 Å². The van der Waals surface area contributed by atoms with E-state index < -0.39 is 0 Å². The maximum absolute atomic E-state index is 11.0. The van der Waals surface area contributed by atoms with E-state index in [4.69, 9.17) is 0 Å². The molecule has 1 aliphatic carbocycles. The van der Waals surface area contributed by atoms with Gasteiger partial charge in [-0.3, -0.25) is 4.79 Å². The molecule has 1 N–H and O–H groups in total. The standard InChI is InChI=1S/C8H17NOSi/c10-8(9-11)6-7-4-2-1-3-5-7/h7H,1-6H2,11H3,(H,9,10). The molecule has 1 fully saturated rings. The highest BCUT2D eigenvalue weighted by Gasteiger charge is 2.15. The fraction of sp³-hybridized carbons (Fsp3) is 0.875. The average Bonchev–Trinajstić information content (AvgIpc) is 2.06. The third-order valence-electron chi connectivity index (χ3n) is 2.48. The van der Waals surface area contributed by atoms with Crippen LogP contribution in [-0.2, 0) is 4.79 Å². The molecule has 0 bridgehead atoms. The second-order valence-corrected chi connectivity index (χ2v) is 3.88. The van der Waals surface area contributed by atoms with Crippen molar-refractivity contribution in [2.75, 3.05) is 0 Å². The van der Waals surface area contributed by atoms with Gasteiger partial charge in [0.05, 0.1) is 0 Å². The summed E-state index contributed by atoms with van der Waals surface area (Å²) < 4.78 is 0. The average molecular weight is 171 g/mol. The Kier molecular flexibility index (Phi) is 3.63. The van der Waals surface area contributed by atoms with Crippen LogP contribution in [0.15, 0.2) is 0 Å². The largest absolute Gasteiger partial charge is 0.391 e. The van der Waals surface area contributed by atoms with E-state index in [9.17, 15) is 4.79 Å². The van der Waals surface area contributed by atoms with Crippen LogP contribution in [-0.4, -0.2) is 16.3 Å². The van der Waals surface area contributed by atoms with Gasteiger partial charge in [-0.05, 0) is 18.8 Å². The number of carbonyl (C=O) groups is 1. The summed E-state index contributed by atoms with van der Waals surface area (Å²) in [4.78, 5) is 13.8. The summed E-state index contributed by atoms with van der Waals surface area (Å²) in [7, 11) is 0.803. The Morgan fingerprint density at radius 3 is 2.55 bits per heavy atom. The predicted molar refractivity (Wildman–Crippen MR) is 49.3 cm³/mol. The molecule has 2 nitrogen and oxygen atoms in total. The van der Waals surface area contributed by atoms with E-state index in [-0.39, 0.29) is 5.91 Å². The van der Waals surface area contributed by atoms with E-state index >= 15 is 0 Å². The van der Waals surface area contributed by atoms with Crippen LogP contribution in [0.5, 0.6) is 0 Å². The quantitative estimate of drug-likeness (QED) is 0.597. The first-order valence-electron chi connectivity index (χ1n) is 4.53. The second-order valence-electron chi connectivity index (χ2n) is 3.38. The molecular weight excluding hydrogens is 154 g/mol. The highest BCUT2D eigenvalue weighted by atomic mass is 28.2. The molecule has 0 atom stereocenters. The second kappa shape index (κ2) is 4.54. The summed E-state index contributed by atoms with van der Waals surface area (Å²) in [6.07, 6.45) is 7.37. The molecule has 0 aromatic heterocycles. The highest BCUT2D eigenvalue weighted by Crippen LogP contribution is 2.25. The van der Waals surface area contributed by atoms with Gasteiger partial charge in [0.1, 0.15) is 10.4 Å². The van der Waals surface area contributed by atoms with E-state index in [0.29, 0.717) is 5.92 Å². The Hall–Kier alpha value is -0.313. The van der Waals surface area contributed by atoms with Crippen molar-refractivity contribution >= 4 is 16.3 Å². The number of hydrogen-bond acceptors (Lipinski definition) is 1. The van der Waals surface area contributed by atoms with Gasteiger partial charge in [-0.15, -0.1) is 0 Å². The number of rotatable bonds is 2. The van der Waals surface area contributed by atoms with Crippen LogP contribution >= 0.6 is 0 Å². The van der Waals surface area contributed by atoms with Crippen molar-refractivity contribution in [1.82, 2.24) is 4.98 Å². The molecule has 1 saturated carbocycles. The predicted octanol–water partition coefficient (Wildman–Crippen LogP) is 0.353. The Morgan fingerprint density at radius 1 is 1.36 bits per heavy atom. The first kappa shape index (κ1) is 8.78. The third-order valence-corrected chi connectivity index (χ3v) is 3.04. The molecule has 0 aromatic rings. The van der Waals surface area contributed by atoms with Crippen molar-refractivity contribution in [3.8, 4) is 0 Å². The normalized spacial score (nSPS) is 20.0. The van der Waals surface area contributed by atoms with Gasteiger partial charge in [-0.25, -0.2) is 0 Å². The molecule has 1 aliphatic rings. The molecule has 0 spiro atoms. The van der Waals surface area contributed by atoms with Gasteiger partial charge < -0.3 is 4.98 Å². The molecule has 1 rings (SSSR count). The van der Waals surface area contributed by atoms with Crippen LogP contribution in [0.2, 0.25) is 0 Å². The third kappa shape index (κ3) is 3.06. The van der Waals surface area contributed by atoms with Gasteiger partial charge in [-0.2, -0.15) is 0 Å². The van der Waals surface area contributed by atoms with E-state index in [1.807, 2.05) is 0 Å². The van der Waals surface area contributed by atoms with Crippen LogP contribution in [0.25, 0.3) is 0 Å². The van der Waals surface area contributed by atoms with Crippen molar-refractivity contribution < 1.29 is 4.79 Å². The molecule has 1 amide bonds. The fourth-order valence-electron chi connectivity index (χ4n) is 1.76. The summed E-state index contributed by atoms with van der Waals surface area (Å²) in [5.41, 5.74) is 0. The van der Waals surface area contributed by atoms with Crippen LogP contribution in [0.1, 0.15) is 38.5 Å². The summed E-state index contributed by atoms with van der Waals surface area (Å²) in [5.74, 6) is 0.960. The van der Waals surface area contributed by atoms with E-state index in [2.05, 4.69) is 4.98 Å². The van der Waals surface area contributed by atoms with Crippen molar-refractivity contribution in [2.24, 2.45) is 5.92 Å². The first-order chi connectivity index (χ1) is 5.33. The molecule has 0 unspecified atom stereocenters. The number of amides is 1. The molecule has 3 heteroatoms. The lowest BCUT2D eigenvalue weighted by atomic mass is 9.87. The lowest BCUT2D eigenvalue weighted by Crippen LogP contribution is -2.23. The molecule has 64 valence electrons. The van der Waals surface area contributed by atoms with E-state index in [1.165, 1.54) is 32.1 Å². The van der Waals surface area contributed by atoms with Crippen molar-refractivity contribution in [3.63, 3.8) is 0 Å². The zero-order chi connectivity index (χ0) is 8.10. The smallest absolute Gasteiger partial charge is 0.211 e. The maximum atomic E-state index is 11.0. The molecule has 0 aliphatic heterocycles. The van der Waals surface area contributed by atoms with Gasteiger partial charge in [0.25, 0.3) is 0 Å². The number of nitrogens with one attached hydrogen (secondary N) is 1. The van der Waals surface area contributed by atoms with Crippen molar-refractivity contribution in [2.45, 2.75) is 38.5 Å². The lowest BCUT2D eigenvalue weighted by molar-refractivity contribution is -0.120. The summed E-state index contributed by atoms with van der Waals surface area (Å²) >= 11 is 0. The number of carbonyl (C=O) groups excluding carboxylic acids is 1. The van der Waals surface area contributed by atoms with Gasteiger partial charge in [-0.1, -0.05) is 19.3 Å². The van der Waals surface area contributed by atoms with Crippen LogP contribution in [0.3, 0.4) is 0 Å². The fourth-order valence-corrected chi connectivity index (χ4v) is 1.96.